The Morgan fingerprint density at radius 2 is 2.21 bits per heavy atom. The van der Waals surface area contributed by atoms with E-state index in [4.69, 9.17) is 11.0 Å². The van der Waals surface area contributed by atoms with Crippen molar-refractivity contribution >= 4 is 5.69 Å². The number of para-hydroxylation sites is 1. The first-order chi connectivity index (χ1) is 6.77. The molecule has 4 heteroatoms. The van der Waals surface area contributed by atoms with Crippen LogP contribution < -0.4 is 11.1 Å². The second-order valence-electron chi connectivity index (χ2n) is 2.93. The molecule has 74 valence electrons. The smallest absolute Gasteiger partial charge is 0.101 e. The van der Waals surface area contributed by atoms with Crippen LogP contribution in [0, 0.1) is 11.3 Å². The van der Waals surface area contributed by atoms with E-state index < -0.39 is 6.10 Å². The summed E-state index contributed by atoms with van der Waals surface area (Å²) < 4.78 is 0. The molecule has 14 heavy (non-hydrogen) atoms. The summed E-state index contributed by atoms with van der Waals surface area (Å²) >= 11 is 0. The number of nitrogens with zero attached hydrogens (tertiary/aromatic N) is 1. The molecule has 0 heterocycles. The fourth-order valence-electron chi connectivity index (χ4n) is 1.05. The summed E-state index contributed by atoms with van der Waals surface area (Å²) in [7, 11) is 0. The van der Waals surface area contributed by atoms with Gasteiger partial charge in [-0.3, -0.25) is 0 Å². The number of hydrogen-bond acceptors (Lipinski definition) is 4. The lowest BCUT2D eigenvalue weighted by molar-refractivity contribution is 0.196. The topological polar surface area (TPSA) is 82.1 Å². The van der Waals surface area contributed by atoms with E-state index in [2.05, 4.69) is 11.4 Å². The first-order valence-corrected chi connectivity index (χ1v) is 4.39. The number of benzene rings is 1. The van der Waals surface area contributed by atoms with E-state index in [-0.39, 0.29) is 6.54 Å². The minimum Gasteiger partial charge on any atom is -0.390 e. The van der Waals surface area contributed by atoms with Crippen LogP contribution in [-0.2, 0) is 0 Å². The Labute approximate surface area is 83.0 Å². The van der Waals surface area contributed by atoms with E-state index in [0.717, 1.165) is 5.69 Å². The molecule has 1 aromatic carbocycles. The number of anilines is 1. The first kappa shape index (κ1) is 10.5. The van der Waals surface area contributed by atoms with Crippen molar-refractivity contribution in [1.29, 1.82) is 5.26 Å². The van der Waals surface area contributed by atoms with Gasteiger partial charge in [-0.2, -0.15) is 5.26 Å². The minimum absolute atomic E-state index is 0.210. The molecule has 1 aromatic rings. The summed E-state index contributed by atoms with van der Waals surface area (Å²) in [6, 6.07) is 9.20. The third-order valence-electron chi connectivity index (χ3n) is 1.85. The maximum atomic E-state index is 9.21. The first-order valence-electron chi connectivity index (χ1n) is 4.39. The maximum Gasteiger partial charge on any atom is 0.101 e. The highest BCUT2D eigenvalue weighted by Crippen LogP contribution is 2.12. The van der Waals surface area contributed by atoms with Crippen LogP contribution in [0.3, 0.4) is 0 Å². The number of aliphatic hydroxyl groups excluding tert-OH is 1. The number of nitrogens with two attached hydrogens (primary N) is 1. The molecular weight excluding hydrogens is 178 g/mol. The van der Waals surface area contributed by atoms with Gasteiger partial charge in [0, 0.05) is 13.1 Å². The third kappa shape index (κ3) is 2.73. The normalized spacial score (nSPS) is 11.8. The van der Waals surface area contributed by atoms with Crippen molar-refractivity contribution in [3.8, 4) is 6.07 Å². The molecule has 4 N–H and O–H groups in total. The predicted molar refractivity (Wildman–Crippen MR) is 54.7 cm³/mol. The van der Waals surface area contributed by atoms with E-state index in [1.165, 1.54) is 0 Å². The van der Waals surface area contributed by atoms with Gasteiger partial charge in [-0.25, -0.2) is 0 Å². The summed E-state index contributed by atoms with van der Waals surface area (Å²) in [6.07, 6.45) is -0.582. The fraction of sp³-hybridized carbons (Fsp3) is 0.300. The zero-order valence-electron chi connectivity index (χ0n) is 7.77. The van der Waals surface area contributed by atoms with Gasteiger partial charge in [0.05, 0.1) is 17.4 Å². The molecule has 0 amide bonds. The Kier molecular flexibility index (Phi) is 3.92. The summed E-state index contributed by atoms with van der Waals surface area (Å²) in [5, 5.41) is 20.9. The molecule has 1 unspecified atom stereocenters. The van der Waals surface area contributed by atoms with Gasteiger partial charge in [-0.05, 0) is 12.1 Å². The number of hydrogen-bond donors (Lipinski definition) is 3. The number of nitrogens with one attached hydrogen (secondary N) is 1. The van der Waals surface area contributed by atoms with Crippen molar-refractivity contribution in [1.82, 2.24) is 0 Å². The van der Waals surface area contributed by atoms with Crippen molar-refractivity contribution < 1.29 is 5.11 Å². The highest BCUT2D eigenvalue weighted by Gasteiger charge is 2.03. The van der Waals surface area contributed by atoms with Crippen LogP contribution in [0.4, 0.5) is 5.69 Å². The number of rotatable bonds is 4. The second-order valence-corrected chi connectivity index (χ2v) is 2.93. The van der Waals surface area contributed by atoms with Gasteiger partial charge in [-0.15, -0.1) is 0 Å². The minimum atomic E-state index is -0.582. The highest BCUT2D eigenvalue weighted by molar-refractivity contribution is 5.57. The van der Waals surface area contributed by atoms with Crippen LogP contribution in [0.2, 0.25) is 0 Å². The van der Waals surface area contributed by atoms with Gasteiger partial charge in [0.2, 0.25) is 0 Å². The lowest BCUT2D eigenvalue weighted by Gasteiger charge is -2.11. The molecule has 0 aromatic heterocycles. The molecule has 0 radical (unpaired) electrons. The number of aliphatic hydroxyl groups is 1. The Morgan fingerprint density at radius 1 is 1.50 bits per heavy atom. The summed E-state index contributed by atoms with van der Waals surface area (Å²) in [5.74, 6) is 0. The molecular formula is C10H13N3O. The molecule has 0 saturated heterocycles. The molecule has 0 saturated carbocycles. The van der Waals surface area contributed by atoms with Crippen LogP contribution in [-0.4, -0.2) is 24.3 Å². The van der Waals surface area contributed by atoms with Crippen molar-refractivity contribution in [2.24, 2.45) is 5.73 Å². The maximum absolute atomic E-state index is 9.21. The van der Waals surface area contributed by atoms with Crippen LogP contribution in [0.25, 0.3) is 0 Å². The van der Waals surface area contributed by atoms with E-state index in [1.54, 1.807) is 18.2 Å². The van der Waals surface area contributed by atoms with Crippen molar-refractivity contribution in [2.45, 2.75) is 6.10 Å². The van der Waals surface area contributed by atoms with E-state index in [1.807, 2.05) is 6.07 Å². The lowest BCUT2D eigenvalue weighted by atomic mass is 10.2. The zero-order chi connectivity index (χ0) is 10.4. The lowest BCUT2D eigenvalue weighted by Crippen LogP contribution is -2.27. The zero-order valence-corrected chi connectivity index (χ0v) is 7.77. The predicted octanol–water partition coefficient (Wildman–Crippen LogP) is 0.290. The van der Waals surface area contributed by atoms with Gasteiger partial charge in [0.25, 0.3) is 0 Å². The van der Waals surface area contributed by atoms with Gasteiger partial charge in [0.1, 0.15) is 6.07 Å². The van der Waals surface area contributed by atoms with Gasteiger partial charge in [-0.1, -0.05) is 12.1 Å². The largest absolute Gasteiger partial charge is 0.390 e. The molecule has 0 aliphatic rings. The molecule has 0 bridgehead atoms. The molecule has 0 fully saturated rings. The van der Waals surface area contributed by atoms with Gasteiger partial charge in [0.15, 0.2) is 0 Å². The second kappa shape index (κ2) is 5.22. The summed E-state index contributed by atoms with van der Waals surface area (Å²) in [4.78, 5) is 0. The molecule has 0 aliphatic heterocycles. The van der Waals surface area contributed by atoms with Gasteiger partial charge < -0.3 is 16.2 Å². The van der Waals surface area contributed by atoms with Crippen LogP contribution in [0.15, 0.2) is 24.3 Å². The summed E-state index contributed by atoms with van der Waals surface area (Å²) in [6.45, 7) is 0.566. The number of nitriles is 1. The van der Waals surface area contributed by atoms with Gasteiger partial charge >= 0.3 is 0 Å². The molecule has 1 atom stereocenters. The Balaban J connectivity index is 2.63. The SMILES string of the molecule is N#Cc1ccccc1NCC(O)CN. The fourth-order valence-corrected chi connectivity index (χ4v) is 1.05. The molecule has 4 nitrogen and oxygen atoms in total. The molecule has 1 rings (SSSR count). The van der Waals surface area contributed by atoms with E-state index in [9.17, 15) is 5.11 Å². The molecule has 0 aliphatic carbocycles. The summed E-state index contributed by atoms with van der Waals surface area (Å²) in [5.41, 5.74) is 6.54. The van der Waals surface area contributed by atoms with E-state index >= 15 is 0 Å². The van der Waals surface area contributed by atoms with Crippen molar-refractivity contribution in [3.05, 3.63) is 29.8 Å². The highest BCUT2D eigenvalue weighted by atomic mass is 16.3. The van der Waals surface area contributed by atoms with Crippen LogP contribution in [0.1, 0.15) is 5.56 Å². The van der Waals surface area contributed by atoms with E-state index in [0.29, 0.717) is 12.1 Å². The van der Waals surface area contributed by atoms with Crippen LogP contribution in [0.5, 0.6) is 0 Å². The Hall–Kier alpha value is -1.57. The van der Waals surface area contributed by atoms with Crippen molar-refractivity contribution in [3.63, 3.8) is 0 Å². The van der Waals surface area contributed by atoms with Crippen molar-refractivity contribution in [2.75, 3.05) is 18.4 Å². The Morgan fingerprint density at radius 3 is 2.86 bits per heavy atom. The average molecular weight is 191 g/mol. The third-order valence-corrected chi connectivity index (χ3v) is 1.85. The monoisotopic (exact) mass is 191 g/mol. The molecule has 0 spiro atoms. The Bertz CT molecular complexity index is 332. The average Bonchev–Trinajstić information content (AvgIpc) is 2.26. The van der Waals surface area contributed by atoms with Crippen LogP contribution >= 0.6 is 0 Å². The quantitative estimate of drug-likeness (QED) is 0.638. The standard InChI is InChI=1S/C10H13N3O/c11-5-8-3-1-2-4-10(8)13-7-9(14)6-12/h1-4,9,13-14H,6-7,12H2.